The zero-order valence-corrected chi connectivity index (χ0v) is 43.5. The summed E-state index contributed by atoms with van der Waals surface area (Å²) in [6.45, 7) is 6.62. The van der Waals surface area contributed by atoms with Crippen molar-refractivity contribution in [3.05, 3.63) is 36.5 Å². The summed E-state index contributed by atoms with van der Waals surface area (Å²) in [6.07, 6.45) is 64.2. The van der Waals surface area contributed by atoms with Crippen LogP contribution in [-0.2, 0) is 28.6 Å². The van der Waals surface area contributed by atoms with E-state index in [2.05, 4.69) is 57.2 Å². The van der Waals surface area contributed by atoms with Crippen molar-refractivity contribution < 1.29 is 28.6 Å². The predicted molar refractivity (Wildman–Crippen MR) is 279 cm³/mol. The highest BCUT2D eigenvalue weighted by Gasteiger charge is 2.19. The number of unbranched alkanes of at least 4 members (excludes halogenated alkanes) is 35. The Morgan fingerprint density at radius 1 is 0.308 bits per heavy atom. The largest absolute Gasteiger partial charge is 0.462 e. The Bertz CT molecular complexity index is 1090. The molecule has 65 heavy (non-hydrogen) atoms. The molecule has 0 N–H and O–H groups in total. The van der Waals surface area contributed by atoms with Crippen molar-refractivity contribution in [3.63, 3.8) is 0 Å². The maximum atomic E-state index is 12.8. The number of carbonyl (C=O) groups is 3. The van der Waals surface area contributed by atoms with E-state index in [1.54, 1.807) is 0 Å². The highest BCUT2D eigenvalue weighted by Crippen LogP contribution is 2.16. The Hall–Kier alpha value is -2.37. The summed E-state index contributed by atoms with van der Waals surface area (Å²) in [4.78, 5) is 38.1. The van der Waals surface area contributed by atoms with Gasteiger partial charge in [0.25, 0.3) is 0 Å². The van der Waals surface area contributed by atoms with Gasteiger partial charge in [-0.1, -0.05) is 243 Å². The fraction of sp³-hybridized carbons (Fsp3) is 0.847. The lowest BCUT2D eigenvalue weighted by molar-refractivity contribution is -0.167. The molecule has 0 bridgehead atoms. The Kier molecular flexibility index (Phi) is 52.3. The molecular weight excluding hydrogens is 805 g/mol. The Labute approximate surface area is 404 Å². The van der Waals surface area contributed by atoms with E-state index in [1.165, 1.54) is 173 Å². The molecule has 1 atom stereocenters. The Balaban J connectivity index is 4.33. The van der Waals surface area contributed by atoms with Crippen molar-refractivity contribution in [2.24, 2.45) is 0 Å². The molecule has 0 aromatic carbocycles. The van der Waals surface area contributed by atoms with Crippen LogP contribution in [0.25, 0.3) is 0 Å². The number of allylic oxidation sites excluding steroid dienone is 6. The second-order valence-electron chi connectivity index (χ2n) is 19.2. The first-order valence-corrected chi connectivity index (χ1v) is 28.5. The van der Waals surface area contributed by atoms with Gasteiger partial charge in [-0.25, -0.2) is 0 Å². The predicted octanol–water partition coefficient (Wildman–Crippen LogP) is 18.9. The molecule has 0 aliphatic rings. The standard InChI is InChI=1S/C59H108O6/c1-4-7-10-13-16-19-22-25-27-29-30-31-33-34-37-40-43-46-49-52-58(61)64-55-56(54-63-57(60)51-48-45-42-39-36-24-21-18-15-12-9-6-3)65-59(62)53-50-47-44-41-38-35-32-28-26-23-20-17-14-11-8-5-2/h18,20-21,23,28,32,56H,4-17,19,22,24-27,29-31,33-55H2,1-3H3/b21-18-,23-20-,32-28-. The van der Waals surface area contributed by atoms with Crippen LogP contribution in [0, 0.1) is 0 Å². The first-order valence-electron chi connectivity index (χ1n) is 28.5. The van der Waals surface area contributed by atoms with Crippen molar-refractivity contribution in [1.82, 2.24) is 0 Å². The molecule has 0 spiro atoms. The summed E-state index contributed by atoms with van der Waals surface area (Å²) in [5.41, 5.74) is 0. The summed E-state index contributed by atoms with van der Waals surface area (Å²) >= 11 is 0. The van der Waals surface area contributed by atoms with Crippen LogP contribution in [0.3, 0.4) is 0 Å². The lowest BCUT2D eigenvalue weighted by atomic mass is 10.0. The van der Waals surface area contributed by atoms with Crippen molar-refractivity contribution in [2.45, 2.75) is 309 Å². The number of rotatable bonds is 52. The van der Waals surface area contributed by atoms with Gasteiger partial charge in [0.15, 0.2) is 6.10 Å². The number of hydrogen-bond donors (Lipinski definition) is 0. The summed E-state index contributed by atoms with van der Waals surface area (Å²) in [6, 6.07) is 0. The number of ether oxygens (including phenoxy) is 3. The van der Waals surface area contributed by atoms with Crippen molar-refractivity contribution in [1.29, 1.82) is 0 Å². The topological polar surface area (TPSA) is 78.9 Å². The highest BCUT2D eigenvalue weighted by molar-refractivity contribution is 5.71. The van der Waals surface area contributed by atoms with Gasteiger partial charge in [0.2, 0.25) is 0 Å². The average molecular weight is 914 g/mol. The second-order valence-corrected chi connectivity index (χ2v) is 19.2. The maximum absolute atomic E-state index is 12.8. The quantitative estimate of drug-likeness (QED) is 0.0262. The third-order valence-electron chi connectivity index (χ3n) is 12.6. The van der Waals surface area contributed by atoms with Crippen LogP contribution in [-0.4, -0.2) is 37.2 Å². The first kappa shape index (κ1) is 62.6. The van der Waals surface area contributed by atoms with E-state index in [-0.39, 0.29) is 31.1 Å². The summed E-state index contributed by atoms with van der Waals surface area (Å²) in [5, 5.41) is 0. The monoisotopic (exact) mass is 913 g/mol. The van der Waals surface area contributed by atoms with Crippen molar-refractivity contribution in [2.75, 3.05) is 13.2 Å². The van der Waals surface area contributed by atoms with Gasteiger partial charge < -0.3 is 14.2 Å². The zero-order chi connectivity index (χ0) is 47.2. The molecule has 0 amide bonds. The molecule has 0 aliphatic carbocycles. The molecular formula is C59H108O6. The van der Waals surface area contributed by atoms with Crippen molar-refractivity contribution in [3.8, 4) is 0 Å². The highest BCUT2D eigenvalue weighted by atomic mass is 16.6. The zero-order valence-electron chi connectivity index (χ0n) is 43.5. The van der Waals surface area contributed by atoms with Crippen LogP contribution in [0.2, 0.25) is 0 Å². The van der Waals surface area contributed by atoms with E-state index in [0.29, 0.717) is 19.3 Å². The number of esters is 3. The molecule has 0 rings (SSSR count). The Morgan fingerprint density at radius 3 is 0.908 bits per heavy atom. The molecule has 0 aromatic heterocycles. The average Bonchev–Trinajstić information content (AvgIpc) is 3.30. The third-order valence-corrected chi connectivity index (χ3v) is 12.6. The molecule has 0 aromatic rings. The summed E-state index contributed by atoms with van der Waals surface area (Å²) in [5.74, 6) is -0.885. The minimum atomic E-state index is -0.779. The van der Waals surface area contributed by atoms with Crippen LogP contribution >= 0.6 is 0 Å². The minimum absolute atomic E-state index is 0.0771. The number of carbonyl (C=O) groups excluding carboxylic acids is 3. The van der Waals surface area contributed by atoms with E-state index < -0.39 is 6.10 Å². The van der Waals surface area contributed by atoms with Crippen molar-refractivity contribution >= 4 is 17.9 Å². The SMILES string of the molecule is CCCCC/C=C\CCCCCCCC(=O)OCC(COC(=O)CCCCCCCCCCCCCCCCCCCCC)OC(=O)CCCCCCC/C=C\C/C=C\CCCCCC. The van der Waals surface area contributed by atoms with Gasteiger partial charge in [-0.3, -0.25) is 14.4 Å². The van der Waals surface area contributed by atoms with Gasteiger partial charge in [0, 0.05) is 19.3 Å². The van der Waals surface area contributed by atoms with Crippen LogP contribution in [0.5, 0.6) is 0 Å². The lowest BCUT2D eigenvalue weighted by Crippen LogP contribution is -2.30. The molecule has 6 nitrogen and oxygen atoms in total. The van der Waals surface area contributed by atoms with Gasteiger partial charge in [-0.2, -0.15) is 0 Å². The van der Waals surface area contributed by atoms with E-state index in [0.717, 1.165) is 89.9 Å². The maximum Gasteiger partial charge on any atom is 0.306 e. The molecule has 0 fully saturated rings. The second kappa shape index (κ2) is 54.2. The van der Waals surface area contributed by atoms with Gasteiger partial charge >= 0.3 is 17.9 Å². The summed E-state index contributed by atoms with van der Waals surface area (Å²) < 4.78 is 16.8. The van der Waals surface area contributed by atoms with Crippen LogP contribution in [0.15, 0.2) is 36.5 Å². The molecule has 6 heteroatoms. The first-order chi connectivity index (χ1) is 32.0. The molecule has 0 aliphatic heterocycles. The fourth-order valence-corrected chi connectivity index (χ4v) is 8.29. The van der Waals surface area contributed by atoms with Gasteiger partial charge in [0.05, 0.1) is 0 Å². The van der Waals surface area contributed by atoms with Gasteiger partial charge in [-0.05, 0) is 77.0 Å². The van der Waals surface area contributed by atoms with Gasteiger partial charge in [0.1, 0.15) is 13.2 Å². The van der Waals surface area contributed by atoms with Crippen LogP contribution in [0.4, 0.5) is 0 Å². The molecule has 1 unspecified atom stereocenters. The third kappa shape index (κ3) is 52.5. The lowest BCUT2D eigenvalue weighted by Gasteiger charge is -2.18. The van der Waals surface area contributed by atoms with Crippen LogP contribution in [0.1, 0.15) is 303 Å². The van der Waals surface area contributed by atoms with Crippen LogP contribution < -0.4 is 0 Å². The van der Waals surface area contributed by atoms with Gasteiger partial charge in [-0.15, -0.1) is 0 Å². The van der Waals surface area contributed by atoms with E-state index in [9.17, 15) is 14.4 Å². The van der Waals surface area contributed by atoms with E-state index in [1.807, 2.05) is 0 Å². The van der Waals surface area contributed by atoms with E-state index in [4.69, 9.17) is 14.2 Å². The fourth-order valence-electron chi connectivity index (χ4n) is 8.29. The normalized spacial score (nSPS) is 12.2. The molecule has 380 valence electrons. The summed E-state index contributed by atoms with van der Waals surface area (Å²) in [7, 11) is 0. The number of hydrogen-bond acceptors (Lipinski definition) is 6. The molecule has 0 saturated heterocycles. The molecule has 0 heterocycles. The Morgan fingerprint density at radius 2 is 0.554 bits per heavy atom. The molecule has 0 saturated carbocycles. The van der Waals surface area contributed by atoms with E-state index >= 15 is 0 Å². The molecule has 0 radical (unpaired) electrons. The smallest absolute Gasteiger partial charge is 0.306 e. The minimum Gasteiger partial charge on any atom is -0.462 e.